The summed E-state index contributed by atoms with van der Waals surface area (Å²) in [7, 11) is 1.59. The van der Waals surface area contributed by atoms with Gasteiger partial charge in [-0.15, -0.1) is 0 Å². The number of nitrogens with two attached hydrogens (primary N) is 1. The minimum absolute atomic E-state index is 0.225. The predicted octanol–water partition coefficient (Wildman–Crippen LogP) is 3.88. The van der Waals surface area contributed by atoms with Crippen LogP contribution in [0.15, 0.2) is 52.4 Å². The van der Waals surface area contributed by atoms with Crippen LogP contribution >= 0.6 is 11.8 Å². The van der Waals surface area contributed by atoms with Crippen LogP contribution in [0.4, 0.5) is 10.5 Å². The first kappa shape index (κ1) is 20.8. The number of nitrogen functional groups attached to an aromatic ring is 1. The minimum atomic E-state index is -0.225. The van der Waals surface area contributed by atoms with Gasteiger partial charge in [0, 0.05) is 18.8 Å². The number of methoxy groups -OCH3 is 1. The van der Waals surface area contributed by atoms with Gasteiger partial charge in [0.25, 0.3) is 0 Å². The van der Waals surface area contributed by atoms with Crippen LogP contribution in [0.3, 0.4) is 0 Å². The Morgan fingerprint density at radius 3 is 2.66 bits per heavy atom. The first-order chi connectivity index (χ1) is 14.1. The zero-order valence-electron chi connectivity index (χ0n) is 16.4. The van der Waals surface area contributed by atoms with Crippen molar-refractivity contribution in [1.82, 2.24) is 10.6 Å². The molecule has 29 heavy (non-hydrogen) atoms. The van der Waals surface area contributed by atoms with E-state index in [0.717, 1.165) is 35.3 Å². The SMILES string of the molecule is CCNCCNC1=NC(=O)S/C1=C\c1ccc(Oc2ccc(N)cc2)c(OC)c1. The van der Waals surface area contributed by atoms with E-state index >= 15 is 0 Å². The molecule has 0 unspecified atom stereocenters. The Morgan fingerprint density at radius 1 is 1.14 bits per heavy atom. The number of hydrogen-bond acceptors (Lipinski definition) is 7. The standard InChI is InChI=1S/C21H24N4O3S/c1-3-23-10-11-24-20-19(29-21(26)25-20)13-14-4-9-17(18(12-14)27-2)28-16-7-5-15(22)6-8-16/h4-9,12-13,23H,3,10-11,22H2,1-2H3,(H,24,25,26)/b19-13-. The molecular formula is C21H24N4O3S. The van der Waals surface area contributed by atoms with Gasteiger partial charge in [0.15, 0.2) is 11.5 Å². The fourth-order valence-corrected chi connectivity index (χ4v) is 3.39. The van der Waals surface area contributed by atoms with E-state index in [0.29, 0.717) is 35.3 Å². The molecule has 0 saturated heterocycles. The number of carbonyl (C=O) groups is 1. The van der Waals surface area contributed by atoms with Crippen LogP contribution in [-0.2, 0) is 0 Å². The Bertz CT molecular complexity index is 926. The second-order valence-corrected chi connectivity index (χ2v) is 7.19. The number of ether oxygens (including phenoxy) is 2. The van der Waals surface area contributed by atoms with Gasteiger partial charge >= 0.3 is 5.24 Å². The molecule has 152 valence electrons. The van der Waals surface area contributed by atoms with Gasteiger partial charge in [0.2, 0.25) is 0 Å². The molecule has 0 spiro atoms. The van der Waals surface area contributed by atoms with Crippen molar-refractivity contribution in [2.45, 2.75) is 6.92 Å². The van der Waals surface area contributed by atoms with Crippen molar-refractivity contribution < 1.29 is 14.3 Å². The number of benzene rings is 2. The summed E-state index contributed by atoms with van der Waals surface area (Å²) in [6.45, 7) is 4.43. The number of thioether (sulfide) groups is 1. The van der Waals surface area contributed by atoms with Crippen LogP contribution in [0.5, 0.6) is 17.2 Å². The lowest BCUT2D eigenvalue weighted by Gasteiger charge is -2.12. The third kappa shape index (κ3) is 5.75. The van der Waals surface area contributed by atoms with E-state index < -0.39 is 0 Å². The molecule has 0 aromatic heterocycles. The van der Waals surface area contributed by atoms with Crippen molar-refractivity contribution in [2.24, 2.45) is 4.99 Å². The van der Waals surface area contributed by atoms with Crippen LogP contribution in [-0.4, -0.2) is 37.8 Å². The van der Waals surface area contributed by atoms with E-state index in [-0.39, 0.29) is 5.24 Å². The third-order valence-electron chi connectivity index (χ3n) is 4.07. The summed E-state index contributed by atoms with van der Waals surface area (Å²) in [5.41, 5.74) is 7.26. The van der Waals surface area contributed by atoms with Crippen molar-refractivity contribution in [3.63, 3.8) is 0 Å². The van der Waals surface area contributed by atoms with Crippen molar-refractivity contribution in [1.29, 1.82) is 0 Å². The summed E-state index contributed by atoms with van der Waals surface area (Å²) in [6.07, 6.45) is 1.91. The summed E-state index contributed by atoms with van der Waals surface area (Å²) in [4.78, 5) is 16.6. The number of amides is 1. The van der Waals surface area contributed by atoms with Crippen molar-refractivity contribution in [3.05, 3.63) is 52.9 Å². The van der Waals surface area contributed by atoms with Gasteiger partial charge in [-0.1, -0.05) is 13.0 Å². The van der Waals surface area contributed by atoms with Gasteiger partial charge < -0.3 is 25.8 Å². The molecule has 1 aliphatic heterocycles. The summed E-state index contributed by atoms with van der Waals surface area (Å²) in [5, 5.41) is 6.21. The highest BCUT2D eigenvalue weighted by molar-refractivity contribution is 8.18. The Labute approximate surface area is 174 Å². The molecule has 8 heteroatoms. The number of nitrogens with one attached hydrogen (secondary N) is 2. The Hall–Kier alpha value is -2.97. The molecule has 1 heterocycles. The van der Waals surface area contributed by atoms with E-state index in [9.17, 15) is 4.79 Å². The van der Waals surface area contributed by atoms with Crippen LogP contribution in [0.1, 0.15) is 12.5 Å². The fraction of sp³-hybridized carbons (Fsp3) is 0.238. The fourth-order valence-electron chi connectivity index (χ4n) is 2.65. The number of rotatable bonds is 8. The van der Waals surface area contributed by atoms with Crippen molar-refractivity contribution in [3.8, 4) is 17.2 Å². The van der Waals surface area contributed by atoms with E-state index in [2.05, 4.69) is 15.6 Å². The molecule has 3 rings (SSSR count). The topological polar surface area (TPSA) is 98.0 Å². The minimum Gasteiger partial charge on any atom is -0.493 e. The number of anilines is 1. The third-order valence-corrected chi connectivity index (χ3v) is 4.87. The van der Waals surface area contributed by atoms with Gasteiger partial charge in [-0.05, 0) is 66.3 Å². The molecular weight excluding hydrogens is 388 g/mol. The summed E-state index contributed by atoms with van der Waals surface area (Å²) in [5.74, 6) is 2.44. The molecule has 4 N–H and O–H groups in total. The van der Waals surface area contributed by atoms with E-state index in [1.165, 1.54) is 0 Å². The normalized spacial score (nSPS) is 14.8. The highest BCUT2D eigenvalue weighted by Gasteiger charge is 2.21. The van der Waals surface area contributed by atoms with Crippen LogP contribution in [0.25, 0.3) is 6.08 Å². The number of nitrogens with zero attached hydrogens (tertiary/aromatic N) is 1. The first-order valence-electron chi connectivity index (χ1n) is 9.27. The second kappa shape index (κ2) is 9.99. The molecule has 0 saturated carbocycles. The van der Waals surface area contributed by atoms with E-state index in [4.69, 9.17) is 15.2 Å². The summed E-state index contributed by atoms with van der Waals surface area (Å²) < 4.78 is 11.4. The van der Waals surface area contributed by atoms with Gasteiger partial charge in [-0.2, -0.15) is 4.99 Å². The highest BCUT2D eigenvalue weighted by atomic mass is 32.2. The largest absolute Gasteiger partial charge is 0.493 e. The second-order valence-electron chi connectivity index (χ2n) is 6.20. The van der Waals surface area contributed by atoms with Gasteiger partial charge in [-0.25, -0.2) is 0 Å². The molecule has 1 aliphatic rings. The zero-order chi connectivity index (χ0) is 20.6. The number of likely N-dealkylation sites (N-methyl/N-ethyl adjacent to an activating group) is 1. The average Bonchev–Trinajstić information content (AvgIpc) is 3.07. The van der Waals surface area contributed by atoms with Crippen LogP contribution in [0.2, 0.25) is 0 Å². The molecule has 7 nitrogen and oxygen atoms in total. The average molecular weight is 413 g/mol. The summed E-state index contributed by atoms with van der Waals surface area (Å²) >= 11 is 1.11. The molecule has 0 bridgehead atoms. The Kier molecular flexibility index (Phi) is 7.15. The van der Waals surface area contributed by atoms with Crippen LogP contribution < -0.4 is 25.8 Å². The first-order valence-corrected chi connectivity index (χ1v) is 10.1. The Balaban J connectivity index is 1.75. The van der Waals surface area contributed by atoms with E-state index in [1.807, 2.05) is 31.2 Å². The molecule has 0 atom stereocenters. The van der Waals surface area contributed by atoms with Gasteiger partial charge in [-0.3, -0.25) is 4.79 Å². The maximum atomic E-state index is 11.8. The highest BCUT2D eigenvalue weighted by Crippen LogP contribution is 2.34. The molecule has 2 aromatic rings. The van der Waals surface area contributed by atoms with Gasteiger partial charge in [0.1, 0.15) is 11.6 Å². The number of carbonyl (C=O) groups excluding carboxylic acids is 1. The monoisotopic (exact) mass is 412 g/mol. The molecule has 0 fully saturated rings. The maximum absolute atomic E-state index is 11.8. The number of aliphatic imine (C=N–C) groups is 1. The smallest absolute Gasteiger partial charge is 0.311 e. The lowest BCUT2D eigenvalue weighted by atomic mass is 10.2. The quantitative estimate of drug-likeness (QED) is 0.447. The van der Waals surface area contributed by atoms with Crippen LogP contribution in [0, 0.1) is 0 Å². The Morgan fingerprint density at radius 2 is 1.93 bits per heavy atom. The predicted molar refractivity (Wildman–Crippen MR) is 119 cm³/mol. The lowest BCUT2D eigenvalue weighted by Crippen LogP contribution is -2.31. The van der Waals surface area contributed by atoms with Gasteiger partial charge in [0.05, 0.1) is 12.0 Å². The molecule has 2 aromatic carbocycles. The number of hydrogen-bond donors (Lipinski definition) is 3. The van der Waals surface area contributed by atoms with Crippen molar-refractivity contribution >= 4 is 34.6 Å². The molecule has 0 aliphatic carbocycles. The molecule has 0 radical (unpaired) electrons. The molecule has 1 amide bonds. The van der Waals surface area contributed by atoms with E-state index in [1.54, 1.807) is 31.4 Å². The zero-order valence-corrected chi connectivity index (χ0v) is 17.2. The lowest BCUT2D eigenvalue weighted by molar-refractivity contribution is 0.268. The van der Waals surface area contributed by atoms with Crippen molar-refractivity contribution in [2.75, 3.05) is 32.5 Å². The summed E-state index contributed by atoms with van der Waals surface area (Å²) in [6, 6.07) is 12.7. The maximum Gasteiger partial charge on any atom is 0.311 e. The number of amidine groups is 1.